The molecule has 4 nitrogen and oxygen atoms in total. The van der Waals surface area contributed by atoms with Gasteiger partial charge < -0.3 is 19.1 Å². The van der Waals surface area contributed by atoms with Crippen LogP contribution in [0.2, 0.25) is 0 Å². The van der Waals surface area contributed by atoms with E-state index in [9.17, 15) is 0 Å². The molecule has 0 N–H and O–H groups in total. The number of halogens is 2. The van der Waals surface area contributed by atoms with Gasteiger partial charge in [-0.25, -0.2) is 0 Å². The first-order valence-corrected chi connectivity index (χ1v) is 4.61. The third-order valence-electron chi connectivity index (χ3n) is 2.17. The maximum absolute atomic E-state index is 5.24. The molecule has 0 unspecified atom stereocenters. The van der Waals surface area contributed by atoms with Crippen LogP contribution in [0.15, 0.2) is 12.1 Å². The third kappa shape index (κ3) is 5.09. The maximum atomic E-state index is 5.24. The summed E-state index contributed by atoms with van der Waals surface area (Å²) >= 11 is 0. The Morgan fingerprint density at radius 2 is 1.22 bits per heavy atom. The zero-order valence-corrected chi connectivity index (χ0v) is 16.0. The molecule has 0 fully saturated rings. The Bertz CT molecular complexity index is 326. The summed E-state index contributed by atoms with van der Waals surface area (Å²) in [5, 5.41) is 0. The summed E-state index contributed by atoms with van der Waals surface area (Å²) in [7, 11) is 8.73. The van der Waals surface area contributed by atoms with Crippen LogP contribution < -0.4 is 19.1 Å². The molecular weight excluding hydrogens is 330 g/mol. The number of hydrogen-bond donors (Lipinski definition) is 0. The van der Waals surface area contributed by atoms with Crippen molar-refractivity contribution in [2.24, 2.45) is 0 Å². The first-order valence-electron chi connectivity index (χ1n) is 4.61. The second-order valence-electron chi connectivity index (χ2n) is 3.28. The van der Waals surface area contributed by atoms with Gasteiger partial charge in [0.15, 0.2) is 11.5 Å². The molecule has 0 aliphatic carbocycles. The smallest absolute Gasteiger partial charge is 0.203 e. The number of benzene rings is 1. The number of rotatable bonds is 4. The van der Waals surface area contributed by atoms with E-state index in [1.165, 1.54) is 0 Å². The Hall–Kier alpha value is -0.377. The van der Waals surface area contributed by atoms with Crippen molar-refractivity contribution in [2.75, 3.05) is 40.3 Å². The molecule has 0 spiro atoms. The number of hydrogen-bond acceptors (Lipinski definition) is 4. The summed E-state index contributed by atoms with van der Waals surface area (Å²) in [5.41, 5.74) is 1.00. The molecule has 0 saturated heterocycles. The fourth-order valence-electron chi connectivity index (χ4n) is 1.33. The van der Waals surface area contributed by atoms with Crippen LogP contribution in [0.1, 0.15) is 0 Å². The van der Waals surface area contributed by atoms with Gasteiger partial charge in [-0.15, -0.1) is 24.8 Å². The monoisotopic (exact) mass is 347 g/mol. The minimum absolute atomic E-state index is 0. The van der Waals surface area contributed by atoms with Crippen molar-refractivity contribution in [1.29, 1.82) is 0 Å². The molecule has 0 aliphatic heterocycles. The van der Waals surface area contributed by atoms with Crippen molar-refractivity contribution >= 4 is 30.5 Å². The van der Waals surface area contributed by atoms with Crippen LogP contribution in [0.3, 0.4) is 0 Å². The largest absolute Gasteiger partial charge is 0.493 e. The van der Waals surface area contributed by atoms with Crippen LogP contribution in [-0.4, -0.2) is 35.4 Å². The van der Waals surface area contributed by atoms with Crippen LogP contribution in [0.25, 0.3) is 0 Å². The molecule has 1 rings (SSSR count). The Labute approximate surface area is 134 Å². The fraction of sp³-hybridized carbons (Fsp3) is 0.455. The molecule has 0 amide bonds. The van der Waals surface area contributed by atoms with Crippen LogP contribution in [0.4, 0.5) is 5.69 Å². The van der Waals surface area contributed by atoms with Gasteiger partial charge in [-0.1, -0.05) is 0 Å². The Morgan fingerprint density at radius 1 is 0.833 bits per heavy atom. The summed E-state index contributed by atoms with van der Waals surface area (Å²) in [6.07, 6.45) is 0. The molecule has 0 heterocycles. The van der Waals surface area contributed by atoms with Crippen molar-refractivity contribution in [3.8, 4) is 17.2 Å². The normalized spacial score (nSPS) is 8.06. The number of methoxy groups -OCH3 is 3. The van der Waals surface area contributed by atoms with E-state index in [-0.39, 0.29) is 44.3 Å². The van der Waals surface area contributed by atoms with E-state index in [4.69, 9.17) is 14.2 Å². The standard InChI is InChI=1S/C11H17NO3.2ClH.Zn/c1-12(2)8-6-9(13-3)11(15-5)10(7-8)14-4;;;/h6-7H,1-5H3;2*1H;. The topological polar surface area (TPSA) is 30.9 Å². The third-order valence-corrected chi connectivity index (χ3v) is 2.17. The van der Waals surface area contributed by atoms with E-state index in [0.717, 1.165) is 5.69 Å². The van der Waals surface area contributed by atoms with Crippen molar-refractivity contribution in [3.05, 3.63) is 12.1 Å². The summed E-state index contributed by atoms with van der Waals surface area (Å²) in [6, 6.07) is 3.81. The zero-order valence-electron chi connectivity index (χ0n) is 11.4. The molecular formula is C11H19Cl2NO3Zn. The summed E-state index contributed by atoms with van der Waals surface area (Å²) < 4.78 is 15.7. The first kappa shape index (κ1) is 22.8. The van der Waals surface area contributed by atoms with Crippen molar-refractivity contribution in [1.82, 2.24) is 0 Å². The predicted octanol–water partition coefficient (Wildman–Crippen LogP) is 2.62. The molecule has 102 valence electrons. The van der Waals surface area contributed by atoms with Gasteiger partial charge in [-0.3, -0.25) is 0 Å². The van der Waals surface area contributed by atoms with Crippen molar-refractivity contribution in [3.63, 3.8) is 0 Å². The van der Waals surface area contributed by atoms with Gasteiger partial charge in [0.05, 0.1) is 21.3 Å². The first-order chi connectivity index (χ1) is 7.13. The molecule has 0 aromatic heterocycles. The van der Waals surface area contributed by atoms with Crippen molar-refractivity contribution < 1.29 is 33.7 Å². The van der Waals surface area contributed by atoms with E-state index in [2.05, 4.69) is 0 Å². The van der Waals surface area contributed by atoms with E-state index in [1.807, 2.05) is 31.1 Å². The number of ether oxygens (including phenoxy) is 3. The second kappa shape index (κ2) is 10.5. The molecule has 18 heavy (non-hydrogen) atoms. The quantitative estimate of drug-likeness (QED) is 0.782. The zero-order chi connectivity index (χ0) is 11.4. The van der Waals surface area contributed by atoms with E-state index in [1.54, 1.807) is 21.3 Å². The Morgan fingerprint density at radius 3 is 1.44 bits per heavy atom. The number of nitrogens with zero attached hydrogens (tertiary/aromatic N) is 1. The van der Waals surface area contributed by atoms with Gasteiger partial charge in [0.1, 0.15) is 0 Å². The van der Waals surface area contributed by atoms with Crippen LogP contribution >= 0.6 is 24.8 Å². The van der Waals surface area contributed by atoms with E-state index < -0.39 is 0 Å². The van der Waals surface area contributed by atoms with Crippen LogP contribution in [-0.2, 0) is 19.5 Å². The molecule has 0 saturated carbocycles. The predicted molar refractivity (Wildman–Crippen MR) is 74.9 cm³/mol. The Balaban J connectivity index is -0.000000750. The Kier molecular flexibility index (Phi) is 13.3. The van der Waals surface area contributed by atoms with E-state index >= 15 is 0 Å². The van der Waals surface area contributed by atoms with Gasteiger partial charge in [0, 0.05) is 51.4 Å². The molecule has 0 atom stereocenters. The van der Waals surface area contributed by atoms with Crippen LogP contribution in [0, 0.1) is 0 Å². The maximum Gasteiger partial charge on any atom is 0.203 e. The molecule has 1 aromatic carbocycles. The summed E-state index contributed by atoms with van der Waals surface area (Å²) in [6.45, 7) is 0. The molecule has 0 radical (unpaired) electrons. The molecule has 0 bridgehead atoms. The van der Waals surface area contributed by atoms with Gasteiger partial charge in [-0.05, 0) is 0 Å². The average molecular weight is 350 g/mol. The molecule has 1 aromatic rings. The number of anilines is 1. The van der Waals surface area contributed by atoms with Gasteiger partial charge >= 0.3 is 0 Å². The van der Waals surface area contributed by atoms with Gasteiger partial charge in [0.2, 0.25) is 5.75 Å². The van der Waals surface area contributed by atoms with Gasteiger partial charge in [-0.2, -0.15) is 0 Å². The molecule has 0 aliphatic rings. The summed E-state index contributed by atoms with van der Waals surface area (Å²) in [5.74, 6) is 1.95. The SMILES string of the molecule is COc1cc(N(C)C)cc(OC)c1OC.Cl.Cl.[Zn]. The molecule has 7 heteroatoms. The summed E-state index contributed by atoms with van der Waals surface area (Å²) in [4.78, 5) is 1.98. The second-order valence-corrected chi connectivity index (χ2v) is 3.28. The average Bonchev–Trinajstić information content (AvgIpc) is 2.26. The van der Waals surface area contributed by atoms with E-state index in [0.29, 0.717) is 17.2 Å². The van der Waals surface area contributed by atoms with Gasteiger partial charge in [0.25, 0.3) is 0 Å². The fourth-order valence-corrected chi connectivity index (χ4v) is 1.33. The van der Waals surface area contributed by atoms with Crippen LogP contribution in [0.5, 0.6) is 17.2 Å². The minimum Gasteiger partial charge on any atom is -0.493 e. The van der Waals surface area contributed by atoms with Crippen molar-refractivity contribution in [2.45, 2.75) is 0 Å². The minimum atomic E-state index is 0.